The maximum absolute atomic E-state index is 10.6. The van der Waals surface area contributed by atoms with E-state index in [0.717, 1.165) is 17.2 Å². The Labute approximate surface area is 166 Å². The van der Waals surface area contributed by atoms with Crippen LogP contribution in [0.2, 0.25) is 0 Å². The molecule has 1 aromatic heterocycles. The largest absolute Gasteiger partial charge is 0.269 e. The minimum atomic E-state index is -3.09. The van der Waals surface area contributed by atoms with Crippen molar-refractivity contribution in [1.29, 1.82) is 5.26 Å². The molecule has 4 rings (SSSR count). The van der Waals surface area contributed by atoms with Gasteiger partial charge in [0.05, 0.1) is 5.69 Å². The first kappa shape index (κ1) is 18.7. The van der Waals surface area contributed by atoms with Gasteiger partial charge in [-0.25, -0.2) is 9.71 Å². The van der Waals surface area contributed by atoms with Gasteiger partial charge in [0.15, 0.2) is 0 Å². The third-order valence-corrected chi connectivity index (χ3v) is 6.57. The monoisotopic (exact) mass is 394 g/mol. The Bertz CT molecular complexity index is 1060. The van der Waals surface area contributed by atoms with Crippen LogP contribution in [-0.4, -0.2) is 27.2 Å². The highest BCUT2D eigenvalue weighted by molar-refractivity contribution is 8.23. The predicted molar refractivity (Wildman–Crippen MR) is 113 cm³/mol. The van der Waals surface area contributed by atoms with Crippen LogP contribution >= 0.6 is 11.0 Å². The molecular weight excluding hydrogens is 372 g/mol. The molecule has 0 aliphatic carbocycles. The van der Waals surface area contributed by atoms with Crippen LogP contribution in [0.5, 0.6) is 0 Å². The summed E-state index contributed by atoms with van der Waals surface area (Å²) in [5, 5.41) is 10.8. The second-order valence-electron chi connectivity index (χ2n) is 7.16. The van der Waals surface area contributed by atoms with Crippen molar-refractivity contribution >= 4 is 27.4 Å². The minimum Gasteiger partial charge on any atom is -0.269 e. The molecule has 3 N–H and O–H groups in total. The Morgan fingerprint density at radius 2 is 2.11 bits per heavy atom. The Morgan fingerprint density at radius 3 is 2.89 bits per heavy atom. The van der Waals surface area contributed by atoms with E-state index in [1.165, 1.54) is 11.1 Å². The van der Waals surface area contributed by atoms with E-state index in [0.29, 0.717) is 24.5 Å². The van der Waals surface area contributed by atoms with Gasteiger partial charge in [0.2, 0.25) is 0 Å². The quantitative estimate of drug-likeness (QED) is 0.615. The van der Waals surface area contributed by atoms with E-state index in [1.54, 1.807) is 10.5 Å². The van der Waals surface area contributed by atoms with Crippen molar-refractivity contribution in [3.05, 3.63) is 71.5 Å². The number of nitrogens with one attached hydrogen (secondary N) is 1. The molecule has 2 heterocycles. The van der Waals surface area contributed by atoms with E-state index >= 15 is 0 Å². The van der Waals surface area contributed by atoms with Crippen LogP contribution in [0.25, 0.3) is 10.8 Å². The van der Waals surface area contributed by atoms with Crippen molar-refractivity contribution in [1.82, 2.24) is 9.71 Å². The van der Waals surface area contributed by atoms with Gasteiger partial charge >= 0.3 is 0 Å². The number of hydrogen-bond donors (Lipinski definition) is 3. The van der Waals surface area contributed by atoms with Gasteiger partial charge in [-0.2, -0.15) is 5.26 Å². The van der Waals surface area contributed by atoms with Crippen LogP contribution in [0.1, 0.15) is 16.8 Å². The first-order chi connectivity index (χ1) is 13.5. The third kappa shape index (κ3) is 3.68. The number of benzene rings is 2. The standard InChI is InChI=1S/C21H22N4O2S/c1-15-3-2-4-16(9-15)10-17-13-24-28(26,27)25(14-17)19-5-6-20-18(11-19)7-8-23-21(20)12-22/h2-9,11,17,24,26-27H,10,13-14H2,1H3/t17-/m1/s1. The van der Waals surface area contributed by atoms with Gasteiger partial charge in [-0.15, -0.1) is 0 Å². The summed E-state index contributed by atoms with van der Waals surface area (Å²) in [5.41, 5.74) is 3.54. The van der Waals surface area contributed by atoms with Crippen molar-refractivity contribution < 1.29 is 9.11 Å². The number of aryl methyl sites for hydroxylation is 1. The highest BCUT2D eigenvalue weighted by Gasteiger charge is 2.32. The van der Waals surface area contributed by atoms with E-state index in [4.69, 9.17) is 0 Å². The van der Waals surface area contributed by atoms with Crippen LogP contribution in [-0.2, 0) is 6.42 Å². The minimum absolute atomic E-state index is 0.240. The van der Waals surface area contributed by atoms with Crippen LogP contribution in [0.3, 0.4) is 0 Å². The SMILES string of the molecule is Cc1cccc(C[C@@H]2CNS(O)(O)N(c3ccc4c(C#N)nccc4c3)C2)c1. The Hall–Kier alpha value is -2.63. The number of nitriles is 1. The smallest absolute Gasteiger partial charge is 0.148 e. The number of fused-ring (bicyclic) bond motifs is 1. The molecule has 1 fully saturated rings. The highest BCUT2D eigenvalue weighted by atomic mass is 32.3. The fourth-order valence-corrected chi connectivity index (χ4v) is 5.12. The molecule has 0 saturated carbocycles. The van der Waals surface area contributed by atoms with Crippen molar-refractivity contribution in [2.75, 3.05) is 17.4 Å². The van der Waals surface area contributed by atoms with Gasteiger partial charge in [0.25, 0.3) is 0 Å². The van der Waals surface area contributed by atoms with Crippen molar-refractivity contribution in [2.24, 2.45) is 5.92 Å². The molecule has 0 bridgehead atoms. The number of rotatable bonds is 3. The van der Waals surface area contributed by atoms with E-state index in [-0.39, 0.29) is 5.92 Å². The average molecular weight is 395 g/mol. The molecule has 1 aliphatic rings. The first-order valence-corrected chi connectivity index (χ1v) is 10.6. The molecule has 7 heteroatoms. The summed E-state index contributed by atoms with van der Waals surface area (Å²) in [7, 11) is -3.09. The maximum atomic E-state index is 10.6. The van der Waals surface area contributed by atoms with Crippen LogP contribution in [0.4, 0.5) is 5.69 Å². The van der Waals surface area contributed by atoms with Crippen LogP contribution < -0.4 is 9.03 Å². The van der Waals surface area contributed by atoms with E-state index in [2.05, 4.69) is 47.0 Å². The number of hydrogen-bond acceptors (Lipinski definition) is 6. The molecule has 6 nitrogen and oxygen atoms in total. The molecule has 0 spiro atoms. The Balaban J connectivity index is 1.63. The van der Waals surface area contributed by atoms with Gasteiger partial charge < -0.3 is 0 Å². The average Bonchev–Trinajstić information content (AvgIpc) is 2.68. The Morgan fingerprint density at radius 1 is 1.25 bits per heavy atom. The van der Waals surface area contributed by atoms with Crippen LogP contribution in [0, 0.1) is 24.2 Å². The van der Waals surface area contributed by atoms with Crippen molar-refractivity contribution in [3.8, 4) is 6.07 Å². The normalized spacial score (nSPS) is 19.9. The molecular formula is C21H22N4O2S. The van der Waals surface area contributed by atoms with Gasteiger partial charge in [-0.1, -0.05) is 40.8 Å². The lowest BCUT2D eigenvalue weighted by Gasteiger charge is -2.49. The van der Waals surface area contributed by atoms with Gasteiger partial charge in [0, 0.05) is 24.7 Å². The summed E-state index contributed by atoms with van der Waals surface area (Å²) in [5.74, 6) is 0.240. The summed E-state index contributed by atoms with van der Waals surface area (Å²) in [6.45, 7) is 3.15. The van der Waals surface area contributed by atoms with E-state index in [1.807, 2.05) is 24.3 Å². The number of aromatic nitrogens is 1. The van der Waals surface area contributed by atoms with Crippen LogP contribution in [0.15, 0.2) is 54.7 Å². The zero-order chi connectivity index (χ0) is 19.7. The summed E-state index contributed by atoms with van der Waals surface area (Å²) >= 11 is 0. The molecule has 2 aromatic carbocycles. The zero-order valence-corrected chi connectivity index (χ0v) is 16.4. The molecule has 144 valence electrons. The summed E-state index contributed by atoms with van der Waals surface area (Å²) in [6.07, 6.45) is 2.45. The third-order valence-electron chi connectivity index (χ3n) is 5.05. The first-order valence-electron chi connectivity index (χ1n) is 9.11. The number of nitrogens with zero attached hydrogens (tertiary/aromatic N) is 3. The van der Waals surface area contributed by atoms with Gasteiger partial charge in [0.1, 0.15) is 11.8 Å². The lowest BCUT2D eigenvalue weighted by atomic mass is 9.98. The second kappa shape index (κ2) is 7.41. The highest BCUT2D eigenvalue weighted by Crippen LogP contribution is 2.46. The fourth-order valence-electron chi connectivity index (χ4n) is 3.68. The Kier molecular flexibility index (Phi) is 4.96. The number of pyridine rings is 1. The lowest BCUT2D eigenvalue weighted by molar-refractivity contribution is 0.412. The molecule has 0 amide bonds. The van der Waals surface area contributed by atoms with Gasteiger partial charge in [-0.05, 0) is 54.5 Å². The molecule has 1 aliphatic heterocycles. The molecule has 1 atom stereocenters. The molecule has 0 unspecified atom stereocenters. The van der Waals surface area contributed by atoms with Crippen molar-refractivity contribution in [3.63, 3.8) is 0 Å². The summed E-state index contributed by atoms with van der Waals surface area (Å²) < 4.78 is 25.7. The fraction of sp³-hybridized carbons (Fsp3) is 0.238. The number of anilines is 1. The molecule has 1 saturated heterocycles. The van der Waals surface area contributed by atoms with Gasteiger partial charge in [-0.3, -0.25) is 13.4 Å². The predicted octanol–water partition coefficient (Wildman–Crippen LogP) is 4.26. The second-order valence-corrected chi connectivity index (χ2v) is 8.93. The zero-order valence-electron chi connectivity index (χ0n) is 15.5. The molecule has 28 heavy (non-hydrogen) atoms. The molecule has 3 aromatic rings. The maximum Gasteiger partial charge on any atom is 0.148 e. The summed E-state index contributed by atoms with van der Waals surface area (Å²) in [4.78, 5) is 4.08. The lowest BCUT2D eigenvalue weighted by Crippen LogP contribution is -2.48. The summed E-state index contributed by atoms with van der Waals surface area (Å²) in [6, 6.07) is 17.8. The molecule has 0 radical (unpaired) electrons. The van der Waals surface area contributed by atoms with E-state index in [9.17, 15) is 14.4 Å². The van der Waals surface area contributed by atoms with E-state index < -0.39 is 11.0 Å². The van der Waals surface area contributed by atoms with Crippen molar-refractivity contribution in [2.45, 2.75) is 13.3 Å². The topological polar surface area (TPSA) is 92.4 Å².